The summed E-state index contributed by atoms with van der Waals surface area (Å²) in [7, 11) is 0. The molecule has 0 saturated carbocycles. The molecule has 0 nitrogen and oxygen atoms in total. The van der Waals surface area contributed by atoms with Crippen molar-refractivity contribution in [3.63, 3.8) is 0 Å². The van der Waals surface area contributed by atoms with Gasteiger partial charge in [0.05, 0.1) is 0 Å². The molecule has 5 heavy (non-hydrogen) atoms. The van der Waals surface area contributed by atoms with Crippen LogP contribution in [0.5, 0.6) is 0 Å². The van der Waals surface area contributed by atoms with Gasteiger partial charge in [-0.1, -0.05) is 0 Å². The van der Waals surface area contributed by atoms with Crippen LogP contribution in [0.3, 0.4) is 0 Å². The van der Waals surface area contributed by atoms with E-state index in [4.69, 9.17) is 0 Å². The van der Waals surface area contributed by atoms with Crippen LogP contribution in [-0.4, -0.2) is 71.0 Å². The van der Waals surface area contributed by atoms with E-state index in [0.29, 0.717) is 0 Å². The van der Waals surface area contributed by atoms with Gasteiger partial charge in [-0.25, -0.2) is 0 Å². The first-order valence-electron chi connectivity index (χ1n) is 0. The van der Waals surface area contributed by atoms with Crippen LogP contribution in [0, 0.1) is 98.8 Å². The molecule has 0 saturated heterocycles. The molecule has 5 heteroatoms. The largest absolute Gasteiger partial charge is 3.00 e. The summed E-state index contributed by atoms with van der Waals surface area (Å²) < 4.78 is 0. The van der Waals surface area contributed by atoms with Crippen molar-refractivity contribution in [2.45, 2.75) is 0 Å². The first-order valence-corrected chi connectivity index (χ1v) is 0. The van der Waals surface area contributed by atoms with Gasteiger partial charge in [-0.15, -0.1) is 0 Å². The predicted molar refractivity (Wildman–Crippen MR) is 17.3 cm³/mol. The van der Waals surface area contributed by atoms with Crippen molar-refractivity contribution in [2.75, 3.05) is 0 Å². The minimum absolute atomic E-state index is 0. The second-order valence-corrected chi connectivity index (χ2v) is 0. The molecule has 0 unspecified atom stereocenters. The average Bonchev–Trinajstić information content (AvgIpc) is 0. The zero-order valence-electron chi connectivity index (χ0n) is 1.98. The van der Waals surface area contributed by atoms with E-state index in [9.17, 15) is 0 Å². The van der Waals surface area contributed by atoms with E-state index < -0.39 is 0 Å². The van der Waals surface area contributed by atoms with Crippen molar-refractivity contribution < 1.29 is 98.8 Å². The minimum Gasteiger partial charge on any atom is -2.00 e. The van der Waals surface area contributed by atoms with E-state index in [1.54, 1.807) is 0 Å². The van der Waals surface area contributed by atoms with E-state index in [0.717, 1.165) is 0 Å². The molecule has 32 valence electrons. The SMILES string of the molecule is [Eu+3].[Eu+3].[Te-2].[Te-2].[Te-2]. The topological polar surface area (TPSA) is 0 Å². The molecule has 0 N–H and O–H groups in total. The Bertz CT molecular complexity index is 4.85. The van der Waals surface area contributed by atoms with Gasteiger partial charge in [0, 0.05) is 0 Å². The summed E-state index contributed by atoms with van der Waals surface area (Å²) >= 11 is 0. The molecule has 0 radical (unpaired) electrons. The van der Waals surface area contributed by atoms with Gasteiger partial charge in [0.15, 0.2) is 0 Å². The quantitative estimate of drug-likeness (QED) is 0.283. The first kappa shape index (κ1) is 31.3. The Morgan fingerprint density at radius 1 is 0.400 bits per heavy atom. The van der Waals surface area contributed by atoms with Crippen molar-refractivity contribution in [3.8, 4) is 0 Å². The Morgan fingerprint density at radius 2 is 0.400 bits per heavy atom. The molecule has 0 fully saturated rings. The second-order valence-electron chi connectivity index (χ2n) is 0. The maximum Gasteiger partial charge on any atom is 3.00 e. The van der Waals surface area contributed by atoms with Crippen LogP contribution in [0.4, 0.5) is 0 Å². The molecule has 0 aromatic rings. The molecule has 0 rings (SSSR count). The number of hydrogen-bond acceptors (Lipinski definition) is 0. The number of hydrogen-bond donors (Lipinski definition) is 0. The van der Waals surface area contributed by atoms with Gasteiger partial charge in [-0.2, -0.15) is 0 Å². The summed E-state index contributed by atoms with van der Waals surface area (Å²) in [5, 5.41) is 0. The summed E-state index contributed by atoms with van der Waals surface area (Å²) in [6, 6.07) is 0. The molecule has 0 heterocycles. The fraction of sp³-hybridized carbons (Fsp3) is 0. The second kappa shape index (κ2) is 22.7. The molecule has 0 aromatic carbocycles. The molecule has 0 aliphatic carbocycles. The molecule has 0 spiro atoms. The van der Waals surface area contributed by atoms with E-state index in [2.05, 4.69) is 0 Å². The van der Waals surface area contributed by atoms with Crippen molar-refractivity contribution in [2.24, 2.45) is 0 Å². The molecule has 0 atom stereocenters. The van der Waals surface area contributed by atoms with Crippen LogP contribution in [0.2, 0.25) is 0 Å². The normalized spacial score (nSPS) is 0. The Labute approximate surface area is 164 Å². The fourth-order valence-electron chi connectivity index (χ4n) is 0. The Morgan fingerprint density at radius 3 is 0.400 bits per heavy atom. The smallest absolute Gasteiger partial charge is 2.00 e. The van der Waals surface area contributed by atoms with Crippen LogP contribution >= 0.6 is 0 Å². The summed E-state index contributed by atoms with van der Waals surface area (Å²) in [6.07, 6.45) is 0. The average molecular weight is 687 g/mol. The molecule has 0 aliphatic rings. The summed E-state index contributed by atoms with van der Waals surface area (Å²) in [6.45, 7) is 0. The van der Waals surface area contributed by atoms with Gasteiger partial charge in [0.25, 0.3) is 0 Å². The Balaban J connectivity index is 0. The van der Waals surface area contributed by atoms with Gasteiger partial charge < -0.3 is 71.0 Å². The molecule has 0 amide bonds. The molecular weight excluding hydrogens is 687 g/mol. The summed E-state index contributed by atoms with van der Waals surface area (Å²) in [5.74, 6) is 0. The standard InChI is InChI=1S/2Eu.3Te/q2*+3;3*-2. The van der Waals surface area contributed by atoms with Gasteiger partial charge in [-0.05, 0) is 0 Å². The van der Waals surface area contributed by atoms with Gasteiger partial charge >= 0.3 is 98.8 Å². The van der Waals surface area contributed by atoms with Crippen molar-refractivity contribution in [1.82, 2.24) is 0 Å². The Kier molecular flexibility index (Phi) is 142. The van der Waals surface area contributed by atoms with E-state index in [1.807, 2.05) is 0 Å². The maximum atomic E-state index is 0. The van der Waals surface area contributed by atoms with Crippen molar-refractivity contribution in [3.05, 3.63) is 0 Å². The van der Waals surface area contributed by atoms with Crippen molar-refractivity contribution >= 4 is 71.0 Å². The molecule has 0 bridgehead atoms. The van der Waals surface area contributed by atoms with Crippen LogP contribution in [-0.2, 0) is 0 Å². The first-order chi connectivity index (χ1) is 0. The predicted octanol–water partition coefficient (Wildman–Crippen LogP) is -1.14. The van der Waals surface area contributed by atoms with Gasteiger partial charge in [0.1, 0.15) is 0 Å². The van der Waals surface area contributed by atoms with Crippen LogP contribution in [0.25, 0.3) is 0 Å². The summed E-state index contributed by atoms with van der Waals surface area (Å²) in [4.78, 5) is 0. The monoisotopic (exact) mass is 696 g/mol. The van der Waals surface area contributed by atoms with Crippen LogP contribution in [0.15, 0.2) is 0 Å². The maximum absolute atomic E-state index is 0. The molecule has 0 aromatic heterocycles. The van der Waals surface area contributed by atoms with Crippen LogP contribution < -0.4 is 0 Å². The minimum atomic E-state index is 0. The van der Waals surface area contributed by atoms with E-state index in [1.165, 1.54) is 0 Å². The zero-order chi connectivity index (χ0) is 0. The summed E-state index contributed by atoms with van der Waals surface area (Å²) in [5.41, 5.74) is 0. The van der Waals surface area contributed by atoms with Gasteiger partial charge in [-0.3, -0.25) is 0 Å². The van der Waals surface area contributed by atoms with Crippen molar-refractivity contribution in [1.29, 1.82) is 0 Å². The van der Waals surface area contributed by atoms with Gasteiger partial charge in [0.2, 0.25) is 0 Å². The Hall–Kier alpha value is 5.54. The van der Waals surface area contributed by atoms with E-state index >= 15 is 0 Å². The third kappa shape index (κ3) is 17.7. The fourth-order valence-corrected chi connectivity index (χ4v) is 0. The third-order valence-electron chi connectivity index (χ3n) is 0. The van der Waals surface area contributed by atoms with Crippen LogP contribution in [0.1, 0.15) is 0 Å². The third-order valence-corrected chi connectivity index (χ3v) is 0. The molecule has 0 aliphatic heterocycles. The van der Waals surface area contributed by atoms with E-state index in [-0.39, 0.29) is 170 Å². The molecular formula is Eu2Te3. The zero-order valence-corrected chi connectivity index (χ0v) is 13.8. The number of rotatable bonds is 0.